The lowest BCUT2D eigenvalue weighted by Crippen LogP contribution is -2.41. The van der Waals surface area contributed by atoms with Crippen molar-refractivity contribution >= 4 is 33.2 Å². The molecule has 1 unspecified atom stereocenters. The van der Waals surface area contributed by atoms with Gasteiger partial charge in [0.15, 0.2) is 0 Å². The molecular formula is C22H20ClFN2O3S. The molecule has 0 aromatic heterocycles. The Kier molecular flexibility index (Phi) is 6.74. The van der Waals surface area contributed by atoms with Gasteiger partial charge in [-0.2, -0.15) is 0 Å². The summed E-state index contributed by atoms with van der Waals surface area (Å²) in [6.07, 6.45) is 0. The highest BCUT2D eigenvalue weighted by atomic mass is 35.5. The number of amides is 1. The van der Waals surface area contributed by atoms with Crippen LogP contribution >= 0.6 is 11.6 Å². The van der Waals surface area contributed by atoms with Gasteiger partial charge in [-0.15, -0.1) is 0 Å². The zero-order chi connectivity index (χ0) is 21.7. The van der Waals surface area contributed by atoms with Gasteiger partial charge in [0.05, 0.1) is 16.6 Å². The molecule has 1 amide bonds. The summed E-state index contributed by atoms with van der Waals surface area (Å²) < 4.78 is 40.6. The molecule has 3 rings (SSSR count). The second-order valence-electron chi connectivity index (χ2n) is 6.64. The third kappa shape index (κ3) is 5.17. The highest BCUT2D eigenvalue weighted by Gasteiger charge is 2.27. The molecule has 1 atom stereocenters. The molecule has 0 heterocycles. The molecule has 0 aliphatic rings. The van der Waals surface area contributed by atoms with E-state index >= 15 is 0 Å². The van der Waals surface area contributed by atoms with Crippen LogP contribution in [0.5, 0.6) is 0 Å². The molecule has 0 fully saturated rings. The first-order valence-corrected chi connectivity index (χ1v) is 11.0. The molecule has 0 bridgehead atoms. The van der Waals surface area contributed by atoms with Gasteiger partial charge in [-0.1, -0.05) is 41.9 Å². The van der Waals surface area contributed by atoms with E-state index in [4.69, 9.17) is 11.6 Å². The lowest BCUT2D eigenvalue weighted by Gasteiger charge is -2.25. The summed E-state index contributed by atoms with van der Waals surface area (Å²) in [6, 6.07) is 19.4. The molecule has 3 aromatic rings. The van der Waals surface area contributed by atoms with E-state index in [2.05, 4.69) is 5.32 Å². The van der Waals surface area contributed by atoms with Crippen molar-refractivity contribution in [3.63, 3.8) is 0 Å². The Morgan fingerprint density at radius 3 is 2.20 bits per heavy atom. The lowest BCUT2D eigenvalue weighted by molar-refractivity contribution is -0.120. The van der Waals surface area contributed by atoms with Gasteiger partial charge in [-0.05, 0) is 61.0 Å². The van der Waals surface area contributed by atoms with Crippen molar-refractivity contribution in [1.29, 1.82) is 0 Å². The van der Waals surface area contributed by atoms with Crippen molar-refractivity contribution in [1.82, 2.24) is 5.32 Å². The van der Waals surface area contributed by atoms with E-state index < -0.39 is 28.5 Å². The van der Waals surface area contributed by atoms with Crippen molar-refractivity contribution < 1.29 is 17.6 Å². The second kappa shape index (κ2) is 9.28. The number of rotatable bonds is 7. The Morgan fingerprint density at radius 1 is 1.00 bits per heavy atom. The van der Waals surface area contributed by atoms with Crippen LogP contribution in [0.1, 0.15) is 18.5 Å². The van der Waals surface area contributed by atoms with Crippen LogP contribution in [0.25, 0.3) is 0 Å². The molecule has 5 nitrogen and oxygen atoms in total. The summed E-state index contributed by atoms with van der Waals surface area (Å²) in [4.78, 5) is 12.8. The zero-order valence-electron chi connectivity index (χ0n) is 16.1. The number of hydrogen-bond acceptors (Lipinski definition) is 3. The van der Waals surface area contributed by atoms with Gasteiger partial charge in [-0.25, -0.2) is 12.8 Å². The van der Waals surface area contributed by atoms with Gasteiger partial charge in [-0.3, -0.25) is 9.10 Å². The van der Waals surface area contributed by atoms with Crippen LogP contribution in [0.2, 0.25) is 5.02 Å². The molecule has 8 heteroatoms. The highest BCUT2D eigenvalue weighted by molar-refractivity contribution is 7.92. The Bertz CT molecular complexity index is 1110. The number of sulfonamides is 1. The summed E-state index contributed by atoms with van der Waals surface area (Å²) in [5.41, 5.74) is 1.02. The van der Waals surface area contributed by atoms with Crippen LogP contribution in [0.3, 0.4) is 0 Å². The first kappa shape index (κ1) is 21.8. The molecule has 30 heavy (non-hydrogen) atoms. The van der Waals surface area contributed by atoms with Crippen molar-refractivity contribution in [3.05, 3.63) is 95.3 Å². The van der Waals surface area contributed by atoms with E-state index in [0.717, 1.165) is 4.31 Å². The molecular weight excluding hydrogens is 427 g/mol. The fourth-order valence-corrected chi connectivity index (χ4v) is 4.46. The molecule has 156 valence electrons. The van der Waals surface area contributed by atoms with Gasteiger partial charge in [0.1, 0.15) is 12.4 Å². The first-order valence-electron chi connectivity index (χ1n) is 9.15. The standard InChI is InChI=1S/C22H20ClFN2O3S/c1-16(17-7-11-19(24)12-8-17)25-22(27)15-26(20-13-9-18(23)10-14-20)30(28,29)21-5-3-2-4-6-21/h2-14,16H,15H2,1H3,(H,25,27). The SMILES string of the molecule is CC(NC(=O)CN(c1ccc(Cl)cc1)S(=O)(=O)c1ccccc1)c1ccc(F)cc1. The zero-order valence-corrected chi connectivity index (χ0v) is 17.7. The number of nitrogens with one attached hydrogen (secondary N) is 1. The molecule has 0 saturated carbocycles. The molecule has 0 radical (unpaired) electrons. The predicted molar refractivity (Wildman–Crippen MR) is 115 cm³/mol. The number of benzene rings is 3. The Labute approximate surface area is 180 Å². The summed E-state index contributed by atoms with van der Waals surface area (Å²) in [6.45, 7) is 1.31. The average molecular weight is 447 g/mol. The Morgan fingerprint density at radius 2 is 1.60 bits per heavy atom. The van der Waals surface area contributed by atoms with E-state index in [-0.39, 0.29) is 10.7 Å². The van der Waals surface area contributed by atoms with Gasteiger partial charge >= 0.3 is 0 Å². The van der Waals surface area contributed by atoms with Gasteiger partial charge in [0.25, 0.3) is 10.0 Å². The van der Waals surface area contributed by atoms with Crippen LogP contribution in [-0.2, 0) is 14.8 Å². The third-order valence-electron chi connectivity index (χ3n) is 4.48. The van der Waals surface area contributed by atoms with Crippen LogP contribution in [-0.4, -0.2) is 20.9 Å². The van der Waals surface area contributed by atoms with Crippen molar-refractivity contribution in [2.75, 3.05) is 10.8 Å². The van der Waals surface area contributed by atoms with E-state index in [0.29, 0.717) is 16.3 Å². The number of carbonyl (C=O) groups excluding carboxylic acids is 1. The van der Waals surface area contributed by atoms with Crippen molar-refractivity contribution in [3.8, 4) is 0 Å². The minimum atomic E-state index is -3.99. The van der Waals surface area contributed by atoms with E-state index in [1.807, 2.05) is 0 Å². The number of anilines is 1. The molecule has 1 N–H and O–H groups in total. The maximum Gasteiger partial charge on any atom is 0.264 e. The summed E-state index contributed by atoms with van der Waals surface area (Å²) >= 11 is 5.93. The van der Waals surface area contributed by atoms with Gasteiger partial charge in [0.2, 0.25) is 5.91 Å². The monoisotopic (exact) mass is 446 g/mol. The summed E-state index contributed by atoms with van der Waals surface area (Å²) in [5.74, 6) is -0.874. The fourth-order valence-electron chi connectivity index (χ4n) is 2.89. The number of halogens is 2. The first-order chi connectivity index (χ1) is 14.3. The van der Waals surface area contributed by atoms with Crippen LogP contribution in [0, 0.1) is 5.82 Å². The minimum Gasteiger partial charge on any atom is -0.348 e. The van der Waals surface area contributed by atoms with Crippen LogP contribution in [0.15, 0.2) is 83.8 Å². The quantitative estimate of drug-likeness (QED) is 0.579. The predicted octanol–water partition coefficient (Wildman–Crippen LogP) is 4.55. The normalized spacial score (nSPS) is 12.2. The molecule has 0 aliphatic carbocycles. The number of hydrogen-bond donors (Lipinski definition) is 1. The smallest absolute Gasteiger partial charge is 0.264 e. The number of carbonyl (C=O) groups is 1. The van der Waals surface area contributed by atoms with Gasteiger partial charge in [0, 0.05) is 5.02 Å². The van der Waals surface area contributed by atoms with Crippen LogP contribution in [0.4, 0.5) is 10.1 Å². The van der Waals surface area contributed by atoms with E-state index in [1.54, 1.807) is 61.5 Å². The maximum absolute atomic E-state index is 13.2. The Hall–Kier alpha value is -2.90. The van der Waals surface area contributed by atoms with Crippen LogP contribution < -0.4 is 9.62 Å². The minimum absolute atomic E-state index is 0.0688. The summed E-state index contributed by atoms with van der Waals surface area (Å²) in [5, 5.41) is 3.21. The van der Waals surface area contributed by atoms with Crippen molar-refractivity contribution in [2.24, 2.45) is 0 Å². The second-order valence-corrected chi connectivity index (χ2v) is 8.94. The third-order valence-corrected chi connectivity index (χ3v) is 6.52. The molecule has 0 spiro atoms. The number of nitrogens with zero attached hydrogens (tertiary/aromatic N) is 1. The maximum atomic E-state index is 13.2. The molecule has 0 saturated heterocycles. The average Bonchev–Trinajstić information content (AvgIpc) is 2.74. The van der Waals surface area contributed by atoms with Gasteiger partial charge < -0.3 is 5.32 Å². The molecule has 0 aliphatic heterocycles. The topological polar surface area (TPSA) is 66.5 Å². The highest BCUT2D eigenvalue weighted by Crippen LogP contribution is 2.25. The fraction of sp³-hybridized carbons (Fsp3) is 0.136. The molecule has 3 aromatic carbocycles. The summed E-state index contributed by atoms with van der Waals surface area (Å²) in [7, 11) is -3.99. The van der Waals surface area contributed by atoms with Crippen molar-refractivity contribution in [2.45, 2.75) is 17.9 Å². The largest absolute Gasteiger partial charge is 0.348 e. The lowest BCUT2D eigenvalue weighted by atomic mass is 10.1. The van der Waals surface area contributed by atoms with E-state index in [9.17, 15) is 17.6 Å². The van der Waals surface area contributed by atoms with E-state index in [1.165, 1.54) is 24.3 Å². The Balaban J connectivity index is 1.86.